The van der Waals surface area contributed by atoms with Gasteiger partial charge in [0.2, 0.25) is 0 Å². The molecule has 0 saturated heterocycles. The first-order valence-electron chi connectivity index (χ1n) is 10.3. The third-order valence-electron chi connectivity index (χ3n) is 4.91. The lowest BCUT2D eigenvalue weighted by Gasteiger charge is -2.13. The lowest BCUT2D eigenvalue weighted by atomic mass is 10.1. The Morgan fingerprint density at radius 2 is 1.29 bits per heavy atom. The third-order valence-corrected chi connectivity index (χ3v) is 4.91. The summed E-state index contributed by atoms with van der Waals surface area (Å²) in [4.78, 5) is 26.0. The average Bonchev–Trinajstić information content (AvgIpc) is 2.88. The molecule has 0 bridgehead atoms. The van der Waals surface area contributed by atoms with Crippen LogP contribution in [-0.2, 0) is 4.79 Å². The molecule has 0 saturated carbocycles. The molecule has 34 heavy (non-hydrogen) atoms. The zero-order chi connectivity index (χ0) is 24.5. The van der Waals surface area contributed by atoms with Gasteiger partial charge >= 0.3 is 0 Å². The van der Waals surface area contributed by atoms with E-state index in [1.807, 2.05) is 0 Å². The van der Waals surface area contributed by atoms with E-state index in [4.69, 9.17) is 18.9 Å². The Bertz CT molecular complexity index is 1170. The van der Waals surface area contributed by atoms with E-state index in [9.17, 15) is 9.59 Å². The second-order valence-corrected chi connectivity index (χ2v) is 7.04. The third kappa shape index (κ3) is 6.07. The molecule has 0 fully saturated rings. The van der Waals surface area contributed by atoms with Gasteiger partial charge in [-0.15, -0.1) is 0 Å². The molecule has 3 rings (SSSR count). The van der Waals surface area contributed by atoms with Crippen LogP contribution in [0.2, 0.25) is 0 Å². The van der Waals surface area contributed by atoms with Crippen molar-refractivity contribution >= 4 is 23.6 Å². The van der Waals surface area contributed by atoms with Crippen molar-refractivity contribution < 1.29 is 28.5 Å². The molecule has 2 amide bonds. The van der Waals surface area contributed by atoms with Crippen molar-refractivity contribution in [3.05, 3.63) is 83.6 Å². The van der Waals surface area contributed by atoms with E-state index in [1.165, 1.54) is 14.2 Å². The molecular formula is C26H26N2O6. The van der Waals surface area contributed by atoms with E-state index in [2.05, 4.69) is 10.6 Å². The van der Waals surface area contributed by atoms with Crippen LogP contribution in [0.15, 0.2) is 72.4 Å². The maximum atomic E-state index is 13.1. The van der Waals surface area contributed by atoms with Crippen molar-refractivity contribution in [3.8, 4) is 23.0 Å². The first-order valence-corrected chi connectivity index (χ1v) is 10.3. The maximum Gasteiger partial charge on any atom is 0.272 e. The number of hydrogen-bond donors (Lipinski definition) is 2. The van der Waals surface area contributed by atoms with Crippen LogP contribution in [0.1, 0.15) is 15.9 Å². The van der Waals surface area contributed by atoms with E-state index in [-0.39, 0.29) is 5.70 Å². The lowest BCUT2D eigenvalue weighted by molar-refractivity contribution is -0.113. The summed E-state index contributed by atoms with van der Waals surface area (Å²) in [7, 11) is 6.17. The van der Waals surface area contributed by atoms with Gasteiger partial charge in [0.05, 0.1) is 28.4 Å². The molecule has 0 atom stereocenters. The van der Waals surface area contributed by atoms with Crippen LogP contribution in [0.4, 0.5) is 5.69 Å². The number of rotatable bonds is 9. The molecule has 3 aromatic carbocycles. The summed E-state index contributed by atoms with van der Waals surface area (Å²) < 4.78 is 20.9. The predicted molar refractivity (Wildman–Crippen MR) is 130 cm³/mol. The van der Waals surface area contributed by atoms with Crippen molar-refractivity contribution in [1.82, 2.24) is 5.32 Å². The summed E-state index contributed by atoms with van der Waals surface area (Å²) >= 11 is 0. The fraction of sp³-hybridized carbons (Fsp3) is 0.154. The standard InChI is InChI=1S/C26H26N2O6/c1-31-20-10-6-18(7-11-20)25(29)28-22(15-17-5-14-23(33-3)24(16-17)34-4)26(30)27-19-8-12-21(32-2)13-9-19/h5-16H,1-4H3,(H,27,30)(H,28,29)/b22-15-. The van der Waals surface area contributed by atoms with E-state index >= 15 is 0 Å². The highest BCUT2D eigenvalue weighted by Gasteiger charge is 2.16. The van der Waals surface area contributed by atoms with Gasteiger partial charge in [-0.1, -0.05) is 6.07 Å². The summed E-state index contributed by atoms with van der Waals surface area (Å²) in [6.45, 7) is 0. The number of carbonyl (C=O) groups excluding carboxylic acids is 2. The molecule has 8 heteroatoms. The smallest absolute Gasteiger partial charge is 0.272 e. The Hall–Kier alpha value is -4.46. The van der Waals surface area contributed by atoms with Gasteiger partial charge in [-0.25, -0.2) is 0 Å². The molecule has 0 unspecified atom stereocenters. The number of carbonyl (C=O) groups is 2. The Balaban J connectivity index is 1.91. The molecule has 0 heterocycles. The molecule has 3 aromatic rings. The van der Waals surface area contributed by atoms with Crippen LogP contribution in [0.5, 0.6) is 23.0 Å². The topological polar surface area (TPSA) is 95.1 Å². The molecule has 0 aliphatic carbocycles. The van der Waals surface area contributed by atoms with Crippen molar-refractivity contribution in [2.45, 2.75) is 0 Å². The van der Waals surface area contributed by atoms with Crippen LogP contribution in [-0.4, -0.2) is 40.3 Å². The number of anilines is 1. The average molecular weight is 463 g/mol. The van der Waals surface area contributed by atoms with Gasteiger partial charge in [0.15, 0.2) is 11.5 Å². The number of amides is 2. The van der Waals surface area contributed by atoms with Crippen molar-refractivity contribution in [1.29, 1.82) is 0 Å². The highest BCUT2D eigenvalue weighted by atomic mass is 16.5. The second kappa shape index (κ2) is 11.4. The van der Waals surface area contributed by atoms with Gasteiger partial charge in [-0.05, 0) is 72.3 Å². The van der Waals surface area contributed by atoms with E-state index in [0.717, 1.165) is 0 Å². The van der Waals surface area contributed by atoms with Crippen LogP contribution < -0.4 is 29.6 Å². The second-order valence-electron chi connectivity index (χ2n) is 7.04. The molecule has 8 nitrogen and oxygen atoms in total. The van der Waals surface area contributed by atoms with Gasteiger partial charge in [-0.3, -0.25) is 9.59 Å². The Labute approximate surface area is 198 Å². The molecule has 0 aliphatic heterocycles. The van der Waals surface area contributed by atoms with Crippen LogP contribution in [0.25, 0.3) is 6.08 Å². The SMILES string of the molecule is COc1ccc(NC(=O)/C(=C/c2ccc(OC)c(OC)c2)NC(=O)c2ccc(OC)cc2)cc1. The summed E-state index contributed by atoms with van der Waals surface area (Å²) in [6, 6.07) is 18.6. The van der Waals surface area contributed by atoms with Crippen molar-refractivity contribution in [2.75, 3.05) is 33.8 Å². The molecule has 0 aliphatic rings. The maximum absolute atomic E-state index is 13.1. The molecule has 0 spiro atoms. The number of ether oxygens (including phenoxy) is 4. The molecule has 176 valence electrons. The summed E-state index contributed by atoms with van der Waals surface area (Å²) in [5, 5.41) is 5.49. The first kappa shape index (κ1) is 24.2. The Kier molecular flexibility index (Phi) is 8.12. The highest BCUT2D eigenvalue weighted by molar-refractivity contribution is 6.10. The zero-order valence-corrected chi connectivity index (χ0v) is 19.4. The number of nitrogens with one attached hydrogen (secondary N) is 2. The van der Waals surface area contributed by atoms with Gasteiger partial charge < -0.3 is 29.6 Å². The number of hydrogen-bond acceptors (Lipinski definition) is 6. The minimum Gasteiger partial charge on any atom is -0.497 e. The number of methoxy groups -OCH3 is 4. The van der Waals surface area contributed by atoms with Gasteiger partial charge in [-0.2, -0.15) is 0 Å². The van der Waals surface area contributed by atoms with E-state index in [0.29, 0.717) is 39.8 Å². The first-order chi connectivity index (χ1) is 16.5. The molecular weight excluding hydrogens is 436 g/mol. The monoisotopic (exact) mass is 462 g/mol. The summed E-state index contributed by atoms with van der Waals surface area (Å²) in [6.07, 6.45) is 1.56. The Morgan fingerprint density at radius 1 is 0.706 bits per heavy atom. The molecule has 0 aromatic heterocycles. The summed E-state index contributed by atoms with van der Waals surface area (Å²) in [5.74, 6) is 1.38. The predicted octanol–water partition coefficient (Wildman–Crippen LogP) is 4.13. The fourth-order valence-corrected chi connectivity index (χ4v) is 3.08. The minimum absolute atomic E-state index is 0.0452. The highest BCUT2D eigenvalue weighted by Crippen LogP contribution is 2.28. The van der Waals surface area contributed by atoms with Crippen LogP contribution in [0.3, 0.4) is 0 Å². The molecule has 2 N–H and O–H groups in total. The van der Waals surface area contributed by atoms with Gasteiger partial charge in [0.1, 0.15) is 17.2 Å². The van der Waals surface area contributed by atoms with Crippen molar-refractivity contribution in [3.63, 3.8) is 0 Å². The zero-order valence-electron chi connectivity index (χ0n) is 19.4. The Morgan fingerprint density at radius 3 is 1.85 bits per heavy atom. The van der Waals surface area contributed by atoms with Crippen LogP contribution >= 0.6 is 0 Å². The van der Waals surface area contributed by atoms with E-state index in [1.54, 1.807) is 87.0 Å². The van der Waals surface area contributed by atoms with Gasteiger partial charge in [0.25, 0.3) is 11.8 Å². The number of benzene rings is 3. The quantitative estimate of drug-likeness (QED) is 0.465. The minimum atomic E-state index is -0.498. The van der Waals surface area contributed by atoms with E-state index < -0.39 is 11.8 Å². The largest absolute Gasteiger partial charge is 0.497 e. The van der Waals surface area contributed by atoms with Crippen LogP contribution in [0, 0.1) is 0 Å². The normalized spacial score (nSPS) is 10.8. The lowest BCUT2D eigenvalue weighted by Crippen LogP contribution is -2.30. The fourth-order valence-electron chi connectivity index (χ4n) is 3.08. The molecule has 0 radical (unpaired) electrons. The van der Waals surface area contributed by atoms with Gasteiger partial charge in [0, 0.05) is 11.3 Å². The summed E-state index contributed by atoms with van der Waals surface area (Å²) in [5.41, 5.74) is 1.59. The van der Waals surface area contributed by atoms with Crippen molar-refractivity contribution in [2.24, 2.45) is 0 Å².